The van der Waals surface area contributed by atoms with Crippen molar-refractivity contribution in [3.63, 3.8) is 0 Å². The van der Waals surface area contributed by atoms with Gasteiger partial charge in [0.25, 0.3) is 0 Å². The van der Waals surface area contributed by atoms with Crippen molar-refractivity contribution in [3.05, 3.63) is 0 Å². The lowest BCUT2D eigenvalue weighted by atomic mass is 9.84. The minimum Gasteiger partial charge on any atom is -0.317 e. The predicted octanol–water partition coefficient (Wildman–Crippen LogP) is 3.28. The van der Waals surface area contributed by atoms with Gasteiger partial charge in [0, 0.05) is 6.54 Å². The molecule has 2 heteroatoms. The zero-order chi connectivity index (χ0) is 12.6. The van der Waals surface area contributed by atoms with Gasteiger partial charge in [-0.05, 0) is 63.7 Å². The van der Waals surface area contributed by atoms with Crippen LogP contribution in [-0.2, 0) is 0 Å². The predicted molar refractivity (Wildman–Crippen MR) is 76.5 cm³/mol. The number of nitrogens with zero attached hydrogens (tertiary/aromatic N) is 1. The zero-order valence-electron chi connectivity index (χ0n) is 12.2. The van der Waals surface area contributed by atoms with Crippen LogP contribution in [0.3, 0.4) is 0 Å². The first kappa shape index (κ1) is 15.0. The highest BCUT2D eigenvalue weighted by Crippen LogP contribution is 2.28. The highest BCUT2D eigenvalue weighted by Gasteiger charge is 2.25. The van der Waals surface area contributed by atoms with E-state index >= 15 is 0 Å². The molecule has 1 fully saturated rings. The third-order valence-electron chi connectivity index (χ3n) is 3.73. The Morgan fingerprint density at radius 1 is 1.12 bits per heavy atom. The molecule has 0 radical (unpaired) electrons. The largest absolute Gasteiger partial charge is 0.317 e. The molecule has 0 aromatic rings. The molecular formula is C15H32N2. The van der Waals surface area contributed by atoms with Crippen LogP contribution in [0.4, 0.5) is 0 Å². The minimum atomic E-state index is 0.556. The summed E-state index contributed by atoms with van der Waals surface area (Å²) < 4.78 is 0. The van der Waals surface area contributed by atoms with Crippen molar-refractivity contribution in [2.75, 3.05) is 32.7 Å². The summed E-state index contributed by atoms with van der Waals surface area (Å²) in [6.45, 7) is 13.4. The van der Waals surface area contributed by atoms with E-state index in [2.05, 4.69) is 31.0 Å². The second-order valence-electron chi connectivity index (χ2n) is 6.35. The van der Waals surface area contributed by atoms with E-state index in [-0.39, 0.29) is 0 Å². The van der Waals surface area contributed by atoms with E-state index < -0.39 is 0 Å². The molecule has 0 atom stereocenters. The molecule has 0 spiro atoms. The summed E-state index contributed by atoms with van der Waals surface area (Å²) in [6, 6.07) is 0. The summed E-state index contributed by atoms with van der Waals surface area (Å²) in [4.78, 5) is 2.67. The van der Waals surface area contributed by atoms with E-state index in [0.717, 1.165) is 0 Å². The average Bonchev–Trinajstić information content (AvgIpc) is 2.27. The van der Waals surface area contributed by atoms with Gasteiger partial charge in [-0.15, -0.1) is 0 Å². The summed E-state index contributed by atoms with van der Waals surface area (Å²) in [5.74, 6) is 0. The number of likely N-dealkylation sites (tertiary alicyclic amines) is 1. The van der Waals surface area contributed by atoms with Crippen LogP contribution in [0, 0.1) is 5.41 Å². The highest BCUT2D eigenvalue weighted by atomic mass is 15.1. The quantitative estimate of drug-likeness (QED) is 0.655. The van der Waals surface area contributed by atoms with E-state index in [0.29, 0.717) is 5.41 Å². The van der Waals surface area contributed by atoms with Crippen LogP contribution < -0.4 is 5.32 Å². The fourth-order valence-electron chi connectivity index (χ4n) is 2.80. The minimum absolute atomic E-state index is 0.556. The SMILES string of the molecule is CCCNCCCCCN1CCCC(C)(C)C1. The second-order valence-corrected chi connectivity index (χ2v) is 6.35. The van der Waals surface area contributed by atoms with Crippen LogP contribution >= 0.6 is 0 Å². The van der Waals surface area contributed by atoms with Crippen molar-refractivity contribution in [1.29, 1.82) is 0 Å². The summed E-state index contributed by atoms with van der Waals surface area (Å²) in [5, 5.41) is 3.47. The molecule has 0 unspecified atom stereocenters. The molecule has 0 aliphatic carbocycles. The Hall–Kier alpha value is -0.0800. The van der Waals surface area contributed by atoms with Crippen LogP contribution in [0.2, 0.25) is 0 Å². The summed E-state index contributed by atoms with van der Waals surface area (Å²) >= 11 is 0. The van der Waals surface area contributed by atoms with Crippen molar-refractivity contribution in [3.8, 4) is 0 Å². The molecule has 102 valence electrons. The Balaban J connectivity index is 1.95. The highest BCUT2D eigenvalue weighted by molar-refractivity contribution is 4.79. The van der Waals surface area contributed by atoms with Crippen LogP contribution in [0.15, 0.2) is 0 Å². The third kappa shape index (κ3) is 7.05. The molecule has 1 rings (SSSR count). The lowest BCUT2D eigenvalue weighted by Gasteiger charge is -2.38. The smallest absolute Gasteiger partial charge is 0.00327 e. The Labute approximate surface area is 108 Å². The first-order valence-electron chi connectivity index (χ1n) is 7.57. The molecule has 0 bridgehead atoms. The maximum absolute atomic E-state index is 3.47. The number of piperidine rings is 1. The van der Waals surface area contributed by atoms with E-state index in [1.165, 1.54) is 71.2 Å². The van der Waals surface area contributed by atoms with Crippen LogP contribution in [0.1, 0.15) is 59.3 Å². The maximum Gasteiger partial charge on any atom is 0.00327 e. The number of hydrogen-bond donors (Lipinski definition) is 1. The molecule has 1 aliphatic rings. The molecule has 1 heterocycles. The van der Waals surface area contributed by atoms with Crippen LogP contribution in [-0.4, -0.2) is 37.6 Å². The lowest BCUT2D eigenvalue weighted by molar-refractivity contribution is 0.116. The fourth-order valence-corrected chi connectivity index (χ4v) is 2.80. The second kappa shape index (κ2) is 8.10. The van der Waals surface area contributed by atoms with Gasteiger partial charge in [0.05, 0.1) is 0 Å². The van der Waals surface area contributed by atoms with Crippen molar-refractivity contribution >= 4 is 0 Å². The van der Waals surface area contributed by atoms with Gasteiger partial charge in [-0.1, -0.05) is 27.2 Å². The molecule has 1 aliphatic heterocycles. The third-order valence-corrected chi connectivity index (χ3v) is 3.73. The number of hydrogen-bond acceptors (Lipinski definition) is 2. The van der Waals surface area contributed by atoms with Gasteiger partial charge in [0.2, 0.25) is 0 Å². The van der Waals surface area contributed by atoms with Gasteiger partial charge in [0.15, 0.2) is 0 Å². The lowest BCUT2D eigenvalue weighted by Crippen LogP contribution is -2.40. The Morgan fingerprint density at radius 2 is 1.94 bits per heavy atom. The Bertz CT molecular complexity index is 189. The first-order valence-corrected chi connectivity index (χ1v) is 7.57. The van der Waals surface area contributed by atoms with Crippen LogP contribution in [0.5, 0.6) is 0 Å². The maximum atomic E-state index is 3.47. The van der Waals surface area contributed by atoms with Crippen molar-refractivity contribution in [2.45, 2.75) is 59.3 Å². The summed E-state index contributed by atoms with van der Waals surface area (Å²) in [5.41, 5.74) is 0.556. The van der Waals surface area contributed by atoms with E-state index in [1.807, 2.05) is 0 Å². The van der Waals surface area contributed by atoms with Gasteiger partial charge in [0.1, 0.15) is 0 Å². The molecule has 1 N–H and O–H groups in total. The number of unbranched alkanes of at least 4 members (excludes halogenated alkanes) is 2. The Kier molecular flexibility index (Phi) is 7.14. The topological polar surface area (TPSA) is 15.3 Å². The monoisotopic (exact) mass is 240 g/mol. The van der Waals surface area contributed by atoms with Crippen LogP contribution in [0.25, 0.3) is 0 Å². The van der Waals surface area contributed by atoms with Crippen molar-refractivity contribution in [1.82, 2.24) is 10.2 Å². The molecule has 17 heavy (non-hydrogen) atoms. The van der Waals surface area contributed by atoms with Crippen molar-refractivity contribution in [2.24, 2.45) is 5.41 Å². The summed E-state index contributed by atoms with van der Waals surface area (Å²) in [6.07, 6.45) is 8.16. The standard InChI is InChI=1S/C15H32N2/c1-4-10-16-11-6-5-7-12-17-13-8-9-15(2,3)14-17/h16H,4-14H2,1-3H3. The molecular weight excluding hydrogens is 208 g/mol. The normalized spacial score (nSPS) is 20.6. The number of nitrogens with one attached hydrogen (secondary N) is 1. The van der Waals surface area contributed by atoms with E-state index in [9.17, 15) is 0 Å². The van der Waals surface area contributed by atoms with Gasteiger partial charge >= 0.3 is 0 Å². The zero-order valence-corrected chi connectivity index (χ0v) is 12.2. The molecule has 0 aromatic heterocycles. The number of rotatable bonds is 8. The summed E-state index contributed by atoms with van der Waals surface area (Å²) in [7, 11) is 0. The molecule has 0 saturated carbocycles. The molecule has 0 amide bonds. The molecule has 0 aromatic carbocycles. The Morgan fingerprint density at radius 3 is 2.65 bits per heavy atom. The van der Waals surface area contributed by atoms with Gasteiger partial charge in [-0.2, -0.15) is 0 Å². The molecule has 2 nitrogen and oxygen atoms in total. The van der Waals surface area contributed by atoms with Crippen molar-refractivity contribution < 1.29 is 0 Å². The molecule has 1 saturated heterocycles. The fraction of sp³-hybridized carbons (Fsp3) is 1.00. The first-order chi connectivity index (χ1) is 8.14. The van der Waals surface area contributed by atoms with Gasteiger partial charge < -0.3 is 10.2 Å². The average molecular weight is 240 g/mol. The van der Waals surface area contributed by atoms with E-state index in [1.54, 1.807) is 0 Å². The van der Waals surface area contributed by atoms with Gasteiger partial charge in [-0.3, -0.25) is 0 Å². The van der Waals surface area contributed by atoms with Gasteiger partial charge in [-0.25, -0.2) is 0 Å². The van der Waals surface area contributed by atoms with E-state index in [4.69, 9.17) is 0 Å².